The molecule has 1 aromatic carbocycles. The highest BCUT2D eigenvalue weighted by atomic mass is 32.2. The lowest BCUT2D eigenvalue weighted by Crippen LogP contribution is -2.49. The Morgan fingerprint density at radius 1 is 1.35 bits per heavy atom. The van der Waals surface area contributed by atoms with Crippen LogP contribution in [0.4, 0.5) is 0 Å². The van der Waals surface area contributed by atoms with Crippen LogP contribution in [0.1, 0.15) is 36.8 Å². The lowest BCUT2D eigenvalue weighted by Gasteiger charge is -2.27. The molecule has 0 saturated heterocycles. The highest BCUT2D eigenvalue weighted by molar-refractivity contribution is 7.88. The molecule has 20 heavy (non-hydrogen) atoms. The lowest BCUT2D eigenvalue weighted by atomic mass is 10.0. The molecule has 1 aromatic rings. The van der Waals surface area contributed by atoms with E-state index in [1.54, 1.807) is 24.3 Å². The molecule has 2 rings (SSSR count). The Kier molecular flexibility index (Phi) is 4.43. The van der Waals surface area contributed by atoms with Gasteiger partial charge in [0.15, 0.2) is 0 Å². The van der Waals surface area contributed by atoms with Gasteiger partial charge in [-0.25, -0.2) is 13.1 Å². The molecule has 6 heteroatoms. The summed E-state index contributed by atoms with van der Waals surface area (Å²) in [5.41, 5.74) is 0.309. The van der Waals surface area contributed by atoms with Gasteiger partial charge in [-0.15, -0.1) is 0 Å². The van der Waals surface area contributed by atoms with Crippen molar-refractivity contribution in [1.29, 1.82) is 5.26 Å². The maximum absolute atomic E-state index is 12.2. The van der Waals surface area contributed by atoms with E-state index in [2.05, 4.69) is 4.72 Å². The maximum Gasteiger partial charge on any atom is 0.216 e. The fourth-order valence-corrected chi connectivity index (χ4v) is 4.28. The normalized spacial score (nSPS) is 17.8. The van der Waals surface area contributed by atoms with Gasteiger partial charge in [-0.2, -0.15) is 5.26 Å². The quantitative estimate of drug-likeness (QED) is 0.856. The zero-order valence-electron chi connectivity index (χ0n) is 11.2. The Morgan fingerprint density at radius 3 is 2.65 bits per heavy atom. The second-order valence-electron chi connectivity index (χ2n) is 5.32. The summed E-state index contributed by atoms with van der Waals surface area (Å²) in [7, 11) is -3.53. The monoisotopic (exact) mass is 294 g/mol. The van der Waals surface area contributed by atoms with E-state index in [-0.39, 0.29) is 12.4 Å². The molecule has 1 saturated carbocycles. The van der Waals surface area contributed by atoms with Crippen molar-refractivity contribution in [2.45, 2.75) is 37.0 Å². The predicted molar refractivity (Wildman–Crippen MR) is 75.2 cm³/mol. The van der Waals surface area contributed by atoms with Crippen LogP contribution in [0, 0.1) is 11.3 Å². The molecule has 1 aliphatic carbocycles. The zero-order valence-corrected chi connectivity index (χ0v) is 12.0. The summed E-state index contributed by atoms with van der Waals surface area (Å²) >= 11 is 0. The average molecular weight is 294 g/mol. The van der Waals surface area contributed by atoms with Crippen molar-refractivity contribution in [3.8, 4) is 6.07 Å². The number of aliphatic hydroxyl groups excluding tert-OH is 1. The van der Waals surface area contributed by atoms with Crippen molar-refractivity contribution in [3.63, 3.8) is 0 Å². The first-order valence-electron chi connectivity index (χ1n) is 6.60. The molecule has 0 amide bonds. The largest absolute Gasteiger partial charge is 0.394 e. The molecular weight excluding hydrogens is 276 g/mol. The lowest BCUT2D eigenvalue weighted by molar-refractivity contribution is 0.185. The van der Waals surface area contributed by atoms with Gasteiger partial charge in [0.2, 0.25) is 10.0 Å². The number of nitrogens with zero attached hydrogens (tertiary/aromatic N) is 1. The SMILES string of the molecule is N#Cc1cccc(CS(=O)(=O)NC2(CO)CCCC2)c1. The second kappa shape index (κ2) is 5.92. The van der Waals surface area contributed by atoms with Crippen LogP contribution in [0.25, 0.3) is 0 Å². The van der Waals surface area contributed by atoms with Crippen molar-refractivity contribution in [2.75, 3.05) is 6.61 Å². The third kappa shape index (κ3) is 3.57. The fraction of sp³-hybridized carbons (Fsp3) is 0.500. The van der Waals surface area contributed by atoms with Crippen LogP contribution in [0.15, 0.2) is 24.3 Å². The molecule has 5 nitrogen and oxygen atoms in total. The first-order chi connectivity index (χ1) is 9.49. The third-order valence-corrected chi connectivity index (χ3v) is 5.11. The Hall–Kier alpha value is -1.42. The minimum Gasteiger partial charge on any atom is -0.394 e. The number of nitrogens with one attached hydrogen (secondary N) is 1. The van der Waals surface area contributed by atoms with Gasteiger partial charge in [-0.1, -0.05) is 25.0 Å². The van der Waals surface area contributed by atoms with Gasteiger partial charge in [0.25, 0.3) is 0 Å². The van der Waals surface area contributed by atoms with E-state index < -0.39 is 15.6 Å². The van der Waals surface area contributed by atoms with Crippen LogP contribution >= 0.6 is 0 Å². The summed E-state index contributed by atoms with van der Waals surface area (Å²) in [5.74, 6) is -0.176. The highest BCUT2D eigenvalue weighted by Gasteiger charge is 2.36. The standard InChI is InChI=1S/C14H18N2O3S/c15-9-12-4-3-5-13(8-12)10-20(18,19)16-14(11-17)6-1-2-7-14/h3-5,8,16-17H,1-2,6-7,10-11H2. The summed E-state index contributed by atoms with van der Waals surface area (Å²) in [4.78, 5) is 0. The third-order valence-electron chi connectivity index (χ3n) is 3.65. The minimum absolute atomic E-state index is 0.176. The van der Waals surface area contributed by atoms with Gasteiger partial charge in [0, 0.05) is 0 Å². The van der Waals surface area contributed by atoms with Crippen molar-refractivity contribution in [1.82, 2.24) is 4.72 Å². The molecule has 0 spiro atoms. The molecule has 0 radical (unpaired) electrons. The van der Waals surface area contributed by atoms with E-state index in [0.29, 0.717) is 24.0 Å². The van der Waals surface area contributed by atoms with Gasteiger partial charge in [-0.05, 0) is 30.5 Å². The van der Waals surface area contributed by atoms with Gasteiger partial charge in [-0.3, -0.25) is 0 Å². The maximum atomic E-state index is 12.2. The molecule has 0 bridgehead atoms. The van der Waals surface area contributed by atoms with Crippen LogP contribution in [0.2, 0.25) is 0 Å². The Morgan fingerprint density at radius 2 is 2.05 bits per heavy atom. The van der Waals surface area contributed by atoms with Crippen molar-refractivity contribution >= 4 is 10.0 Å². The number of hydrogen-bond donors (Lipinski definition) is 2. The number of rotatable bonds is 5. The van der Waals surface area contributed by atoms with Crippen LogP contribution in [0.5, 0.6) is 0 Å². The molecule has 108 valence electrons. The van der Waals surface area contributed by atoms with Crippen molar-refractivity contribution in [3.05, 3.63) is 35.4 Å². The Bertz CT molecular complexity index is 614. The van der Waals surface area contributed by atoms with Gasteiger partial charge in [0.05, 0.1) is 29.5 Å². The summed E-state index contributed by atoms with van der Waals surface area (Å²) in [6.07, 6.45) is 3.18. The van der Waals surface area contributed by atoms with E-state index in [0.717, 1.165) is 12.8 Å². The summed E-state index contributed by atoms with van der Waals surface area (Å²) in [5, 5.41) is 18.3. The van der Waals surface area contributed by atoms with Crippen molar-refractivity contribution in [2.24, 2.45) is 0 Å². The summed E-state index contributed by atoms with van der Waals surface area (Å²) in [6.45, 7) is -0.176. The van der Waals surface area contributed by atoms with Crippen LogP contribution < -0.4 is 4.72 Å². The second-order valence-corrected chi connectivity index (χ2v) is 7.04. The van der Waals surface area contributed by atoms with E-state index in [4.69, 9.17) is 5.26 Å². The Labute approximate surface area is 119 Å². The molecule has 0 aromatic heterocycles. The van der Waals surface area contributed by atoms with E-state index in [9.17, 15) is 13.5 Å². The first-order valence-corrected chi connectivity index (χ1v) is 8.25. The summed E-state index contributed by atoms with van der Waals surface area (Å²) < 4.78 is 27.1. The van der Waals surface area contributed by atoms with E-state index in [1.165, 1.54) is 0 Å². The molecule has 0 aliphatic heterocycles. The smallest absolute Gasteiger partial charge is 0.216 e. The van der Waals surface area contributed by atoms with Gasteiger partial charge >= 0.3 is 0 Å². The molecule has 1 aliphatic rings. The minimum atomic E-state index is -3.53. The highest BCUT2D eigenvalue weighted by Crippen LogP contribution is 2.30. The zero-order chi connectivity index (χ0) is 14.6. The van der Waals surface area contributed by atoms with Gasteiger partial charge in [0.1, 0.15) is 0 Å². The van der Waals surface area contributed by atoms with Crippen LogP contribution in [-0.2, 0) is 15.8 Å². The topological polar surface area (TPSA) is 90.2 Å². The number of benzene rings is 1. The average Bonchev–Trinajstić information content (AvgIpc) is 2.86. The van der Waals surface area contributed by atoms with E-state index in [1.807, 2.05) is 6.07 Å². The van der Waals surface area contributed by atoms with Gasteiger partial charge < -0.3 is 5.11 Å². The summed E-state index contributed by atoms with van der Waals surface area (Å²) in [6, 6.07) is 8.54. The number of sulfonamides is 1. The number of aliphatic hydroxyl groups is 1. The van der Waals surface area contributed by atoms with Crippen LogP contribution in [-0.4, -0.2) is 25.7 Å². The first kappa shape index (κ1) is 15.0. The molecule has 1 fully saturated rings. The predicted octanol–water partition coefficient (Wildman–Crippen LogP) is 1.28. The van der Waals surface area contributed by atoms with Crippen molar-refractivity contribution < 1.29 is 13.5 Å². The Balaban J connectivity index is 2.13. The van der Waals surface area contributed by atoms with E-state index >= 15 is 0 Å². The molecule has 0 unspecified atom stereocenters. The number of nitriles is 1. The molecule has 0 atom stereocenters. The van der Waals surface area contributed by atoms with Crippen LogP contribution in [0.3, 0.4) is 0 Å². The fourth-order valence-electron chi connectivity index (χ4n) is 2.66. The molecule has 2 N–H and O–H groups in total. The molecule has 0 heterocycles. The molecular formula is C14H18N2O3S. The number of hydrogen-bond acceptors (Lipinski definition) is 4.